The van der Waals surface area contributed by atoms with E-state index in [1.807, 2.05) is 0 Å². The molecule has 1 aliphatic heterocycles. The van der Waals surface area contributed by atoms with Gasteiger partial charge in [-0.3, -0.25) is 0 Å². The number of benzene rings is 1. The Balaban J connectivity index is 1.99. The number of nitrogens with one attached hydrogen (secondary N) is 2. The molecule has 84 valence electrons. The van der Waals surface area contributed by atoms with Gasteiger partial charge in [0.2, 0.25) is 0 Å². The molecule has 3 rings (SSSR count). The molecule has 2 heterocycles. The monoisotopic (exact) mass is 214 g/mol. The number of aromatic amines is 1. The first kappa shape index (κ1) is 9.91. The molecule has 1 fully saturated rings. The number of hydrogen-bond acceptors (Lipinski definition) is 1. The highest BCUT2D eigenvalue weighted by Crippen LogP contribution is 2.32. The number of hydrogen-bond donors (Lipinski definition) is 2. The van der Waals surface area contributed by atoms with Crippen LogP contribution in [0.15, 0.2) is 30.5 Å². The predicted octanol–water partition coefficient (Wildman–Crippen LogP) is 3.02. The van der Waals surface area contributed by atoms with E-state index in [-0.39, 0.29) is 0 Å². The van der Waals surface area contributed by atoms with Gasteiger partial charge in [0.15, 0.2) is 0 Å². The Morgan fingerprint density at radius 1 is 1.25 bits per heavy atom. The van der Waals surface area contributed by atoms with Gasteiger partial charge in [-0.05, 0) is 43.9 Å². The van der Waals surface area contributed by atoms with E-state index in [0.717, 1.165) is 6.54 Å². The molecule has 2 heteroatoms. The summed E-state index contributed by atoms with van der Waals surface area (Å²) in [4.78, 5) is 3.38. The molecule has 0 aliphatic carbocycles. The van der Waals surface area contributed by atoms with Gasteiger partial charge < -0.3 is 10.3 Å². The second-order valence-electron chi connectivity index (χ2n) is 4.87. The van der Waals surface area contributed by atoms with Crippen LogP contribution in [0.25, 0.3) is 10.9 Å². The van der Waals surface area contributed by atoms with Gasteiger partial charge in [-0.2, -0.15) is 0 Å². The Hall–Kier alpha value is -1.28. The van der Waals surface area contributed by atoms with E-state index in [9.17, 15) is 0 Å². The minimum atomic E-state index is 0.646. The molecular weight excluding hydrogens is 196 g/mol. The lowest BCUT2D eigenvalue weighted by Crippen LogP contribution is -2.34. The predicted molar refractivity (Wildman–Crippen MR) is 67.7 cm³/mol. The maximum absolute atomic E-state index is 3.51. The van der Waals surface area contributed by atoms with Crippen molar-refractivity contribution in [2.75, 3.05) is 6.54 Å². The summed E-state index contributed by atoms with van der Waals surface area (Å²) in [7, 11) is 0. The average molecular weight is 214 g/mol. The number of rotatable bonds is 1. The van der Waals surface area contributed by atoms with E-state index in [0.29, 0.717) is 12.0 Å². The van der Waals surface area contributed by atoms with Gasteiger partial charge in [-0.15, -0.1) is 0 Å². The highest BCUT2D eigenvalue weighted by molar-refractivity contribution is 5.83. The van der Waals surface area contributed by atoms with Gasteiger partial charge >= 0.3 is 0 Å². The average Bonchev–Trinajstić information content (AvgIpc) is 2.72. The molecule has 1 saturated heterocycles. The molecule has 2 aromatic rings. The molecule has 1 aromatic carbocycles. The summed E-state index contributed by atoms with van der Waals surface area (Å²) < 4.78 is 0. The highest BCUT2D eigenvalue weighted by Gasteiger charge is 2.21. The first-order valence-corrected chi connectivity index (χ1v) is 6.14. The molecule has 1 aliphatic rings. The SMILES string of the molecule is CC1CC(c2c[nH]c3ccccc23)CCN1. The van der Waals surface area contributed by atoms with Crippen molar-refractivity contribution in [2.45, 2.75) is 31.7 Å². The Morgan fingerprint density at radius 3 is 3.00 bits per heavy atom. The van der Waals surface area contributed by atoms with Crippen LogP contribution in [-0.4, -0.2) is 17.6 Å². The van der Waals surface area contributed by atoms with Crippen LogP contribution in [0.3, 0.4) is 0 Å². The molecule has 0 amide bonds. The van der Waals surface area contributed by atoms with E-state index >= 15 is 0 Å². The fourth-order valence-electron chi connectivity index (χ4n) is 2.85. The Morgan fingerprint density at radius 2 is 2.12 bits per heavy atom. The van der Waals surface area contributed by atoms with Gasteiger partial charge in [-0.1, -0.05) is 18.2 Å². The highest BCUT2D eigenvalue weighted by atomic mass is 14.9. The minimum Gasteiger partial charge on any atom is -0.361 e. The Kier molecular flexibility index (Phi) is 2.44. The maximum Gasteiger partial charge on any atom is 0.0456 e. The molecule has 2 unspecified atom stereocenters. The van der Waals surface area contributed by atoms with Crippen molar-refractivity contribution in [3.05, 3.63) is 36.0 Å². The van der Waals surface area contributed by atoms with Crippen molar-refractivity contribution in [1.29, 1.82) is 0 Å². The molecule has 16 heavy (non-hydrogen) atoms. The summed E-state index contributed by atoms with van der Waals surface area (Å²) in [6.45, 7) is 3.42. The fourth-order valence-corrected chi connectivity index (χ4v) is 2.85. The zero-order valence-electron chi connectivity index (χ0n) is 9.66. The van der Waals surface area contributed by atoms with Crippen LogP contribution in [0.5, 0.6) is 0 Å². The zero-order chi connectivity index (χ0) is 11.0. The normalized spacial score (nSPS) is 26.1. The first-order valence-electron chi connectivity index (χ1n) is 6.14. The molecule has 0 saturated carbocycles. The van der Waals surface area contributed by atoms with E-state index < -0.39 is 0 Å². The van der Waals surface area contributed by atoms with Gasteiger partial charge in [0.05, 0.1) is 0 Å². The number of fused-ring (bicyclic) bond motifs is 1. The third kappa shape index (κ3) is 1.63. The van der Waals surface area contributed by atoms with Crippen LogP contribution >= 0.6 is 0 Å². The van der Waals surface area contributed by atoms with Crippen molar-refractivity contribution >= 4 is 10.9 Å². The molecule has 0 radical (unpaired) electrons. The van der Waals surface area contributed by atoms with Crippen LogP contribution < -0.4 is 5.32 Å². The molecular formula is C14H18N2. The summed E-state index contributed by atoms with van der Waals surface area (Å²) in [5, 5.41) is 4.92. The van der Waals surface area contributed by atoms with Crippen LogP contribution in [-0.2, 0) is 0 Å². The second kappa shape index (κ2) is 3.95. The van der Waals surface area contributed by atoms with Gasteiger partial charge in [0, 0.05) is 23.1 Å². The van der Waals surface area contributed by atoms with Gasteiger partial charge in [-0.25, -0.2) is 0 Å². The quantitative estimate of drug-likeness (QED) is 0.750. The van der Waals surface area contributed by atoms with Gasteiger partial charge in [0.1, 0.15) is 0 Å². The lowest BCUT2D eigenvalue weighted by Gasteiger charge is -2.27. The summed E-state index contributed by atoms with van der Waals surface area (Å²) in [6.07, 6.45) is 4.71. The fraction of sp³-hybridized carbons (Fsp3) is 0.429. The molecule has 1 aromatic heterocycles. The molecule has 2 N–H and O–H groups in total. The van der Waals surface area contributed by atoms with Crippen LogP contribution in [0, 0.1) is 0 Å². The molecule has 0 bridgehead atoms. The standard InChI is InChI=1S/C14H18N2/c1-10-8-11(6-7-15-10)13-9-16-14-5-3-2-4-12(13)14/h2-5,9-11,15-16H,6-8H2,1H3. The third-order valence-electron chi connectivity index (χ3n) is 3.68. The number of aromatic nitrogens is 1. The lowest BCUT2D eigenvalue weighted by atomic mass is 9.87. The maximum atomic E-state index is 3.51. The topological polar surface area (TPSA) is 27.8 Å². The summed E-state index contributed by atoms with van der Waals surface area (Å²) in [6, 6.07) is 9.25. The van der Waals surface area contributed by atoms with E-state index in [1.54, 1.807) is 0 Å². The smallest absolute Gasteiger partial charge is 0.0456 e. The summed E-state index contributed by atoms with van der Waals surface area (Å²) >= 11 is 0. The van der Waals surface area contributed by atoms with Crippen molar-refractivity contribution < 1.29 is 0 Å². The molecule has 2 nitrogen and oxygen atoms in total. The van der Waals surface area contributed by atoms with Crippen molar-refractivity contribution in [1.82, 2.24) is 10.3 Å². The minimum absolute atomic E-state index is 0.646. The number of H-pyrrole nitrogens is 1. The summed E-state index contributed by atoms with van der Waals surface area (Å²) in [5.41, 5.74) is 2.77. The van der Waals surface area contributed by atoms with E-state index in [4.69, 9.17) is 0 Å². The largest absolute Gasteiger partial charge is 0.361 e. The van der Waals surface area contributed by atoms with Crippen molar-refractivity contribution in [2.24, 2.45) is 0 Å². The van der Waals surface area contributed by atoms with Crippen molar-refractivity contribution in [3.63, 3.8) is 0 Å². The van der Waals surface area contributed by atoms with E-state index in [1.165, 1.54) is 29.3 Å². The Labute approximate surface area is 96.1 Å². The number of piperidine rings is 1. The zero-order valence-corrected chi connectivity index (χ0v) is 9.66. The number of para-hydroxylation sites is 1. The van der Waals surface area contributed by atoms with Crippen molar-refractivity contribution in [3.8, 4) is 0 Å². The van der Waals surface area contributed by atoms with Crippen LogP contribution in [0.2, 0.25) is 0 Å². The van der Waals surface area contributed by atoms with E-state index in [2.05, 4.69) is 47.7 Å². The van der Waals surface area contributed by atoms with Crippen LogP contribution in [0.4, 0.5) is 0 Å². The molecule has 0 spiro atoms. The molecule has 2 atom stereocenters. The van der Waals surface area contributed by atoms with Crippen LogP contribution in [0.1, 0.15) is 31.2 Å². The van der Waals surface area contributed by atoms with Gasteiger partial charge in [0.25, 0.3) is 0 Å². The Bertz CT molecular complexity index is 486. The lowest BCUT2D eigenvalue weighted by molar-refractivity contribution is 0.382. The third-order valence-corrected chi connectivity index (χ3v) is 3.68. The first-order chi connectivity index (χ1) is 7.84. The summed E-state index contributed by atoms with van der Waals surface area (Å²) in [5.74, 6) is 0.715. The second-order valence-corrected chi connectivity index (χ2v) is 4.87.